The molecule has 0 radical (unpaired) electrons. The van der Waals surface area contributed by atoms with Gasteiger partial charge in [0.05, 0.1) is 13.2 Å². The fraction of sp³-hybridized carbons (Fsp3) is 0.300. The van der Waals surface area contributed by atoms with E-state index in [4.69, 9.17) is 10.8 Å². The van der Waals surface area contributed by atoms with Gasteiger partial charge in [0, 0.05) is 6.54 Å². The van der Waals surface area contributed by atoms with Crippen molar-refractivity contribution in [2.24, 2.45) is 5.73 Å². The molecule has 0 unspecified atom stereocenters. The van der Waals surface area contributed by atoms with Gasteiger partial charge in [-0.3, -0.25) is 4.79 Å². The molecule has 4 N–H and O–H groups in total. The average Bonchev–Trinajstić information content (AvgIpc) is 2.26. The summed E-state index contributed by atoms with van der Waals surface area (Å²) in [6.07, 6.45) is 0. The Hall–Kier alpha value is -1.39. The van der Waals surface area contributed by atoms with Crippen LogP contribution in [0.25, 0.3) is 0 Å². The molecule has 0 bridgehead atoms. The molecule has 0 aromatic heterocycles. The highest BCUT2D eigenvalue weighted by atomic mass is 16.3. The summed E-state index contributed by atoms with van der Waals surface area (Å²) in [4.78, 5) is 10.9. The average molecular weight is 194 g/mol. The second kappa shape index (κ2) is 5.36. The maximum absolute atomic E-state index is 10.9. The van der Waals surface area contributed by atoms with E-state index >= 15 is 0 Å². The standard InChI is InChI=1S/C10H14N2O2/c11-5-10(14)12-6-8-2-1-3-9(4-8)7-13/h1-4,13H,5-7,11H2,(H,12,14). The molecule has 0 spiro atoms. The molecule has 0 saturated carbocycles. The van der Waals surface area contributed by atoms with Gasteiger partial charge >= 0.3 is 0 Å². The quantitative estimate of drug-likeness (QED) is 0.619. The number of hydrogen-bond donors (Lipinski definition) is 3. The summed E-state index contributed by atoms with van der Waals surface area (Å²) in [5.41, 5.74) is 6.93. The first-order chi connectivity index (χ1) is 6.76. The Kier molecular flexibility index (Phi) is 4.10. The predicted octanol–water partition coefficient (Wildman–Crippen LogP) is -0.246. The zero-order valence-corrected chi connectivity index (χ0v) is 7.86. The Balaban J connectivity index is 2.54. The molecule has 1 amide bonds. The Labute approximate surface area is 82.7 Å². The van der Waals surface area contributed by atoms with Crippen molar-refractivity contribution in [1.29, 1.82) is 0 Å². The number of nitrogens with two attached hydrogens (primary N) is 1. The lowest BCUT2D eigenvalue weighted by Gasteiger charge is -2.04. The van der Waals surface area contributed by atoms with Crippen molar-refractivity contribution >= 4 is 5.91 Å². The first-order valence-electron chi connectivity index (χ1n) is 4.41. The normalized spacial score (nSPS) is 9.86. The third kappa shape index (κ3) is 3.16. The summed E-state index contributed by atoms with van der Waals surface area (Å²) in [7, 11) is 0. The first-order valence-corrected chi connectivity index (χ1v) is 4.41. The van der Waals surface area contributed by atoms with E-state index in [-0.39, 0.29) is 19.1 Å². The van der Waals surface area contributed by atoms with Crippen LogP contribution in [0.1, 0.15) is 11.1 Å². The largest absolute Gasteiger partial charge is 0.392 e. The highest BCUT2D eigenvalue weighted by Crippen LogP contribution is 2.04. The number of carbonyl (C=O) groups is 1. The third-order valence-electron chi connectivity index (χ3n) is 1.85. The van der Waals surface area contributed by atoms with E-state index < -0.39 is 0 Å². The maximum Gasteiger partial charge on any atom is 0.234 e. The second-order valence-corrected chi connectivity index (χ2v) is 2.96. The van der Waals surface area contributed by atoms with E-state index in [9.17, 15) is 4.79 Å². The minimum Gasteiger partial charge on any atom is -0.392 e. The minimum atomic E-state index is -0.181. The molecule has 1 aromatic rings. The summed E-state index contributed by atoms with van der Waals surface area (Å²) in [6.45, 7) is 0.461. The summed E-state index contributed by atoms with van der Waals surface area (Å²) in [6, 6.07) is 7.40. The van der Waals surface area contributed by atoms with Gasteiger partial charge in [-0.2, -0.15) is 0 Å². The van der Waals surface area contributed by atoms with Crippen LogP contribution in [0.15, 0.2) is 24.3 Å². The molecule has 4 nitrogen and oxygen atoms in total. The highest BCUT2D eigenvalue weighted by molar-refractivity contribution is 5.77. The Morgan fingerprint density at radius 1 is 1.43 bits per heavy atom. The summed E-state index contributed by atoms with van der Waals surface area (Å²) >= 11 is 0. The fourth-order valence-electron chi connectivity index (χ4n) is 1.11. The Morgan fingerprint density at radius 2 is 2.14 bits per heavy atom. The monoisotopic (exact) mass is 194 g/mol. The lowest BCUT2D eigenvalue weighted by molar-refractivity contribution is -0.119. The van der Waals surface area contributed by atoms with Crippen molar-refractivity contribution in [1.82, 2.24) is 5.32 Å². The van der Waals surface area contributed by atoms with Crippen molar-refractivity contribution in [3.63, 3.8) is 0 Å². The van der Waals surface area contributed by atoms with Crippen LogP contribution in [0.5, 0.6) is 0 Å². The molecule has 1 rings (SSSR count). The van der Waals surface area contributed by atoms with Gasteiger partial charge < -0.3 is 16.2 Å². The third-order valence-corrected chi connectivity index (χ3v) is 1.85. The molecular weight excluding hydrogens is 180 g/mol. The summed E-state index contributed by atoms with van der Waals surface area (Å²) in [5.74, 6) is -0.181. The molecule has 4 heteroatoms. The number of nitrogens with one attached hydrogen (secondary N) is 1. The Bertz CT molecular complexity index is 313. The minimum absolute atomic E-state index is 0.000307. The highest BCUT2D eigenvalue weighted by Gasteiger charge is 1.98. The topological polar surface area (TPSA) is 75.4 Å². The molecule has 0 saturated heterocycles. The van der Waals surface area contributed by atoms with E-state index in [0.717, 1.165) is 11.1 Å². The fourth-order valence-corrected chi connectivity index (χ4v) is 1.11. The van der Waals surface area contributed by atoms with Crippen molar-refractivity contribution in [3.05, 3.63) is 35.4 Å². The molecule has 76 valence electrons. The van der Waals surface area contributed by atoms with E-state index in [2.05, 4.69) is 5.32 Å². The maximum atomic E-state index is 10.9. The lowest BCUT2D eigenvalue weighted by Crippen LogP contribution is -2.29. The zero-order chi connectivity index (χ0) is 10.4. The number of amides is 1. The van der Waals surface area contributed by atoms with Crippen LogP contribution in [0, 0.1) is 0 Å². The van der Waals surface area contributed by atoms with Crippen LogP contribution in [-0.4, -0.2) is 17.6 Å². The molecule has 0 aliphatic rings. The van der Waals surface area contributed by atoms with Gasteiger partial charge in [-0.05, 0) is 11.1 Å². The molecule has 14 heavy (non-hydrogen) atoms. The van der Waals surface area contributed by atoms with Gasteiger partial charge in [-0.15, -0.1) is 0 Å². The number of aliphatic hydroxyl groups is 1. The SMILES string of the molecule is NCC(=O)NCc1cccc(CO)c1. The molecule has 0 aliphatic carbocycles. The molecule has 0 heterocycles. The van der Waals surface area contributed by atoms with Crippen molar-refractivity contribution in [2.75, 3.05) is 6.54 Å². The number of carbonyl (C=O) groups excluding carboxylic acids is 1. The summed E-state index contributed by atoms with van der Waals surface area (Å²) < 4.78 is 0. The lowest BCUT2D eigenvalue weighted by atomic mass is 10.1. The summed E-state index contributed by atoms with van der Waals surface area (Å²) in [5, 5.41) is 11.5. The predicted molar refractivity (Wildman–Crippen MR) is 53.3 cm³/mol. The van der Waals surface area contributed by atoms with Crippen LogP contribution in [0.3, 0.4) is 0 Å². The first kappa shape index (κ1) is 10.7. The van der Waals surface area contributed by atoms with Gasteiger partial charge in [-0.25, -0.2) is 0 Å². The molecular formula is C10H14N2O2. The molecule has 1 aromatic carbocycles. The van der Waals surface area contributed by atoms with Gasteiger partial charge in [-0.1, -0.05) is 24.3 Å². The van der Waals surface area contributed by atoms with E-state index in [1.54, 1.807) is 0 Å². The molecule has 0 aliphatic heterocycles. The number of hydrogen-bond acceptors (Lipinski definition) is 3. The van der Waals surface area contributed by atoms with Crippen molar-refractivity contribution < 1.29 is 9.90 Å². The molecule has 0 atom stereocenters. The van der Waals surface area contributed by atoms with E-state index in [0.29, 0.717) is 6.54 Å². The van der Waals surface area contributed by atoms with E-state index in [1.165, 1.54) is 0 Å². The van der Waals surface area contributed by atoms with Crippen LogP contribution >= 0.6 is 0 Å². The van der Waals surface area contributed by atoms with Crippen molar-refractivity contribution in [2.45, 2.75) is 13.2 Å². The van der Waals surface area contributed by atoms with E-state index in [1.807, 2.05) is 24.3 Å². The number of benzene rings is 1. The van der Waals surface area contributed by atoms with Crippen LogP contribution < -0.4 is 11.1 Å². The Morgan fingerprint density at radius 3 is 2.79 bits per heavy atom. The number of rotatable bonds is 4. The smallest absolute Gasteiger partial charge is 0.234 e. The van der Waals surface area contributed by atoms with Crippen molar-refractivity contribution in [3.8, 4) is 0 Å². The van der Waals surface area contributed by atoms with Gasteiger partial charge in [0.2, 0.25) is 5.91 Å². The number of aliphatic hydroxyl groups excluding tert-OH is 1. The van der Waals surface area contributed by atoms with Gasteiger partial charge in [0.15, 0.2) is 0 Å². The van der Waals surface area contributed by atoms with Crippen LogP contribution in [0.2, 0.25) is 0 Å². The van der Waals surface area contributed by atoms with Gasteiger partial charge in [0.25, 0.3) is 0 Å². The second-order valence-electron chi connectivity index (χ2n) is 2.96. The van der Waals surface area contributed by atoms with Crippen LogP contribution in [0.4, 0.5) is 0 Å². The zero-order valence-electron chi connectivity index (χ0n) is 7.86. The van der Waals surface area contributed by atoms with Gasteiger partial charge in [0.1, 0.15) is 0 Å². The molecule has 0 fully saturated rings. The van der Waals surface area contributed by atoms with Crippen LogP contribution in [-0.2, 0) is 17.9 Å².